The second-order valence-corrected chi connectivity index (χ2v) is 18.0. The van der Waals surface area contributed by atoms with E-state index in [1.807, 2.05) is 94.7 Å². The lowest BCUT2D eigenvalue weighted by molar-refractivity contribution is 0.00511. The smallest absolute Gasteiger partial charge is 0.286 e. The molecule has 9 nitrogen and oxygen atoms in total. The molecule has 0 aliphatic heterocycles. The molecule has 5 N–H and O–H groups in total. The number of hydrogen-bond donors (Lipinski definition) is 5. The molecule has 0 aliphatic carbocycles. The topological polar surface area (TPSA) is 134 Å². The molecular formula is C40H73N3O6S2. The van der Waals surface area contributed by atoms with E-state index in [4.69, 9.17) is 0 Å². The molecule has 0 aromatic carbocycles. The summed E-state index contributed by atoms with van der Waals surface area (Å²) in [5.41, 5.74) is -0.722. The van der Waals surface area contributed by atoms with Crippen LogP contribution in [0.4, 0.5) is 9.59 Å². The zero-order valence-electron chi connectivity index (χ0n) is 33.6. The Bertz CT molecular complexity index is 1110. The van der Waals surface area contributed by atoms with Crippen molar-refractivity contribution in [2.75, 3.05) is 50.8 Å². The standard InChI is InChI=1S/C40H73N3O6S2/c1-12-16-20-40(10,11)35(47)30-43(28-33(45)26-39(8,9)19-15-4)22-24-51-37(49)41-36(48)50-23-21-42(29-34(46)31(5)17-13-2)27-32(44)25-38(6,7)18-14-3/h12-19,31-35,44-47H,20-30H2,1-11H3,(H,41,48,49)/b16-12-,17-13-,18-14-,19-15-. The minimum absolute atomic E-state index is 0.0584. The number of aliphatic hydroxyl groups excluding tert-OH is 4. The summed E-state index contributed by atoms with van der Waals surface area (Å²) in [4.78, 5) is 29.4. The first-order valence-corrected chi connectivity index (χ1v) is 20.5. The molecule has 0 spiro atoms. The van der Waals surface area contributed by atoms with Crippen molar-refractivity contribution in [3.63, 3.8) is 0 Å². The Kier molecular flexibility index (Phi) is 24.8. The van der Waals surface area contributed by atoms with E-state index in [0.29, 0.717) is 63.6 Å². The molecule has 0 aliphatic rings. The average molecular weight is 756 g/mol. The number of carbonyl (C=O) groups is 2. The van der Waals surface area contributed by atoms with Crippen LogP contribution in [-0.4, -0.2) is 116 Å². The van der Waals surface area contributed by atoms with Gasteiger partial charge in [0, 0.05) is 56.7 Å². The van der Waals surface area contributed by atoms with Crippen molar-refractivity contribution in [2.24, 2.45) is 22.2 Å². The van der Waals surface area contributed by atoms with Crippen molar-refractivity contribution >= 4 is 34.0 Å². The van der Waals surface area contributed by atoms with Crippen molar-refractivity contribution in [1.82, 2.24) is 15.1 Å². The van der Waals surface area contributed by atoms with E-state index in [2.05, 4.69) is 45.2 Å². The first kappa shape index (κ1) is 49.6. The molecule has 0 rings (SSSR count). The van der Waals surface area contributed by atoms with Gasteiger partial charge in [-0.1, -0.05) is 121 Å². The minimum atomic E-state index is -0.644. The van der Waals surface area contributed by atoms with Gasteiger partial charge in [-0.05, 0) is 63.2 Å². The summed E-state index contributed by atoms with van der Waals surface area (Å²) in [5.74, 6) is 0.709. The molecule has 0 saturated carbocycles. The van der Waals surface area contributed by atoms with Crippen LogP contribution in [0, 0.1) is 22.2 Å². The van der Waals surface area contributed by atoms with Crippen molar-refractivity contribution in [2.45, 2.75) is 120 Å². The molecule has 0 saturated heterocycles. The number of nitrogens with one attached hydrogen (secondary N) is 1. The fourth-order valence-electron chi connectivity index (χ4n) is 6.09. The van der Waals surface area contributed by atoms with Gasteiger partial charge in [0.15, 0.2) is 0 Å². The Balaban J connectivity index is 5.27. The summed E-state index contributed by atoms with van der Waals surface area (Å²) >= 11 is 2.00. The highest BCUT2D eigenvalue weighted by atomic mass is 32.2. The molecule has 0 heterocycles. The fourth-order valence-corrected chi connectivity index (χ4v) is 7.56. The van der Waals surface area contributed by atoms with E-state index in [-0.39, 0.29) is 22.2 Å². The molecule has 0 aromatic rings. The third kappa shape index (κ3) is 23.8. The summed E-state index contributed by atoms with van der Waals surface area (Å²) in [6, 6.07) is 0. The Labute approximate surface area is 319 Å². The van der Waals surface area contributed by atoms with Crippen LogP contribution in [0.5, 0.6) is 0 Å². The van der Waals surface area contributed by atoms with Crippen LogP contribution in [0.2, 0.25) is 0 Å². The monoisotopic (exact) mass is 755 g/mol. The van der Waals surface area contributed by atoms with Crippen LogP contribution >= 0.6 is 23.5 Å². The number of imide groups is 1. The molecule has 2 amide bonds. The lowest BCUT2D eigenvalue weighted by atomic mass is 9.82. The lowest BCUT2D eigenvalue weighted by Crippen LogP contribution is -2.45. The van der Waals surface area contributed by atoms with Gasteiger partial charge in [0.1, 0.15) is 0 Å². The molecule has 296 valence electrons. The third-order valence-electron chi connectivity index (χ3n) is 8.94. The summed E-state index contributed by atoms with van der Waals surface area (Å²) in [7, 11) is 0. The van der Waals surface area contributed by atoms with E-state index in [9.17, 15) is 30.0 Å². The Morgan fingerprint density at radius 3 is 1.55 bits per heavy atom. The highest BCUT2D eigenvalue weighted by Crippen LogP contribution is 2.28. The average Bonchev–Trinajstić information content (AvgIpc) is 2.99. The maximum absolute atomic E-state index is 12.7. The highest BCUT2D eigenvalue weighted by Gasteiger charge is 2.30. The molecule has 51 heavy (non-hydrogen) atoms. The quantitative estimate of drug-likeness (QED) is 0.0596. The number of allylic oxidation sites excluding steroid dienone is 7. The van der Waals surface area contributed by atoms with Crippen LogP contribution in [0.1, 0.15) is 95.4 Å². The van der Waals surface area contributed by atoms with Crippen LogP contribution in [-0.2, 0) is 0 Å². The van der Waals surface area contributed by atoms with Gasteiger partial charge in [-0.25, -0.2) is 0 Å². The van der Waals surface area contributed by atoms with Crippen LogP contribution in [0.25, 0.3) is 0 Å². The largest absolute Gasteiger partial charge is 0.392 e. The zero-order valence-corrected chi connectivity index (χ0v) is 35.2. The molecule has 5 atom stereocenters. The first-order chi connectivity index (χ1) is 23.7. The molecule has 11 heteroatoms. The van der Waals surface area contributed by atoms with Gasteiger partial charge in [0.2, 0.25) is 0 Å². The molecule has 0 fully saturated rings. The van der Waals surface area contributed by atoms with E-state index in [1.54, 1.807) is 0 Å². The fraction of sp³-hybridized carbons (Fsp3) is 0.750. The molecular weight excluding hydrogens is 683 g/mol. The summed E-state index contributed by atoms with van der Waals surface area (Å²) in [6.45, 7) is 24.4. The SMILES string of the molecule is C/C=C\CC(C)(C)C(O)CN(CCSC(=O)NC(=O)SCCN(CC(O)CC(C)(C)/C=C\C)CC(O)C(C)/C=C\C)CC(O)CC(C)(C)/C=C\C. The van der Waals surface area contributed by atoms with Crippen molar-refractivity contribution < 1.29 is 30.0 Å². The molecule has 5 unspecified atom stereocenters. The van der Waals surface area contributed by atoms with E-state index in [0.717, 1.165) is 29.9 Å². The highest BCUT2D eigenvalue weighted by molar-refractivity contribution is 8.15. The van der Waals surface area contributed by atoms with E-state index >= 15 is 0 Å². The zero-order chi connectivity index (χ0) is 39.3. The predicted molar refractivity (Wildman–Crippen MR) is 219 cm³/mol. The molecule has 0 bridgehead atoms. The number of amides is 2. The van der Waals surface area contributed by atoms with Gasteiger partial charge in [-0.15, -0.1) is 0 Å². The molecule has 0 aromatic heterocycles. The second-order valence-electron chi connectivity index (χ2n) is 15.8. The summed E-state index contributed by atoms with van der Waals surface area (Å²) < 4.78 is 0. The van der Waals surface area contributed by atoms with Gasteiger partial charge in [0.05, 0.1) is 24.4 Å². The maximum atomic E-state index is 12.7. The Morgan fingerprint density at radius 1 is 0.686 bits per heavy atom. The van der Waals surface area contributed by atoms with Gasteiger partial charge in [-0.2, -0.15) is 0 Å². The summed E-state index contributed by atoms with van der Waals surface area (Å²) in [6.07, 6.45) is 15.3. The van der Waals surface area contributed by atoms with Crippen LogP contribution in [0.3, 0.4) is 0 Å². The van der Waals surface area contributed by atoms with E-state index in [1.165, 1.54) is 0 Å². The Hall–Kier alpha value is -1.44. The van der Waals surface area contributed by atoms with E-state index < -0.39 is 34.9 Å². The molecule has 0 radical (unpaired) electrons. The minimum Gasteiger partial charge on any atom is -0.392 e. The van der Waals surface area contributed by atoms with Gasteiger partial charge in [0.25, 0.3) is 10.5 Å². The van der Waals surface area contributed by atoms with Gasteiger partial charge in [-0.3, -0.25) is 24.7 Å². The van der Waals surface area contributed by atoms with Gasteiger partial charge < -0.3 is 20.4 Å². The maximum Gasteiger partial charge on any atom is 0.286 e. The van der Waals surface area contributed by atoms with Crippen LogP contribution < -0.4 is 5.32 Å². The number of rotatable bonds is 25. The van der Waals surface area contributed by atoms with Gasteiger partial charge >= 0.3 is 0 Å². The number of nitrogens with zero attached hydrogens (tertiary/aromatic N) is 2. The van der Waals surface area contributed by atoms with Crippen molar-refractivity contribution in [1.29, 1.82) is 0 Å². The second kappa shape index (κ2) is 25.6. The normalized spacial score (nSPS) is 16.6. The van der Waals surface area contributed by atoms with Crippen LogP contribution in [0.15, 0.2) is 48.6 Å². The first-order valence-electron chi connectivity index (χ1n) is 18.5. The van der Waals surface area contributed by atoms with Crippen molar-refractivity contribution in [3.05, 3.63) is 48.6 Å². The predicted octanol–water partition coefficient (Wildman–Crippen LogP) is 7.52. The lowest BCUT2D eigenvalue weighted by Gasteiger charge is -2.35. The number of hydrogen-bond acceptors (Lipinski definition) is 10. The number of aliphatic hydroxyl groups is 4. The number of thioether (sulfide) groups is 2. The summed E-state index contributed by atoms with van der Waals surface area (Å²) in [5, 5.41) is 45.3. The Morgan fingerprint density at radius 2 is 1.14 bits per heavy atom. The number of carbonyl (C=O) groups excluding carboxylic acids is 2. The third-order valence-corrected chi connectivity index (χ3v) is 10.4. The van der Waals surface area contributed by atoms with Crippen molar-refractivity contribution in [3.8, 4) is 0 Å².